The summed E-state index contributed by atoms with van der Waals surface area (Å²) >= 11 is 0. The van der Waals surface area contributed by atoms with Gasteiger partial charge in [0.2, 0.25) is 5.91 Å². The molecule has 1 aromatic carbocycles. The van der Waals surface area contributed by atoms with Crippen LogP contribution in [0, 0.1) is 17.2 Å². The fourth-order valence-corrected chi connectivity index (χ4v) is 4.12. The number of amides is 1. The van der Waals surface area contributed by atoms with Gasteiger partial charge < -0.3 is 14.4 Å². The molecule has 1 aliphatic carbocycles. The maximum absolute atomic E-state index is 13.3. The van der Waals surface area contributed by atoms with Crippen molar-refractivity contribution >= 4 is 5.91 Å². The minimum absolute atomic E-state index is 0.0647. The van der Waals surface area contributed by atoms with Gasteiger partial charge in [0.05, 0.1) is 19.1 Å². The number of benzene rings is 1. The molecule has 0 unspecified atom stereocenters. The van der Waals surface area contributed by atoms with E-state index in [2.05, 4.69) is 0 Å². The van der Waals surface area contributed by atoms with E-state index in [9.17, 15) is 9.18 Å². The summed E-state index contributed by atoms with van der Waals surface area (Å²) in [5.41, 5.74) is 0.666. The van der Waals surface area contributed by atoms with E-state index in [1.165, 1.54) is 25.0 Å². The van der Waals surface area contributed by atoms with Crippen LogP contribution in [0.1, 0.15) is 31.2 Å². The van der Waals surface area contributed by atoms with Crippen LogP contribution in [0.3, 0.4) is 0 Å². The first kappa shape index (κ1) is 17.0. The van der Waals surface area contributed by atoms with E-state index >= 15 is 0 Å². The number of nitrogens with zero attached hydrogens (tertiary/aromatic N) is 1. The lowest BCUT2D eigenvalue weighted by Crippen LogP contribution is -2.54. The zero-order chi connectivity index (χ0) is 17.3. The number of piperidine rings is 1. The molecule has 25 heavy (non-hydrogen) atoms. The van der Waals surface area contributed by atoms with Gasteiger partial charge in [-0.2, -0.15) is 0 Å². The Labute approximate surface area is 148 Å². The van der Waals surface area contributed by atoms with Gasteiger partial charge in [0, 0.05) is 31.7 Å². The molecule has 5 heteroatoms. The zero-order valence-corrected chi connectivity index (χ0v) is 14.6. The molecule has 4 rings (SSSR count). The Morgan fingerprint density at radius 3 is 3.04 bits per heavy atom. The number of halogens is 1. The number of rotatable bonds is 6. The molecule has 2 atom stereocenters. The minimum Gasteiger partial charge on any atom is -0.380 e. The summed E-state index contributed by atoms with van der Waals surface area (Å²) in [6.45, 7) is 3.67. The molecule has 136 valence electrons. The van der Waals surface area contributed by atoms with Gasteiger partial charge in [-0.3, -0.25) is 4.79 Å². The highest BCUT2D eigenvalue weighted by Crippen LogP contribution is 2.42. The van der Waals surface area contributed by atoms with Crippen molar-refractivity contribution in [2.24, 2.45) is 11.3 Å². The largest absolute Gasteiger partial charge is 0.380 e. The van der Waals surface area contributed by atoms with Gasteiger partial charge in [-0.15, -0.1) is 0 Å². The normalized spacial score (nSPS) is 28.8. The number of carbonyl (C=O) groups is 1. The highest BCUT2D eigenvalue weighted by Gasteiger charge is 2.49. The third-order valence-electron chi connectivity index (χ3n) is 5.81. The van der Waals surface area contributed by atoms with Crippen LogP contribution < -0.4 is 0 Å². The van der Waals surface area contributed by atoms with Gasteiger partial charge in [0.15, 0.2) is 0 Å². The lowest BCUT2D eigenvalue weighted by atomic mass is 9.77. The SMILES string of the molecule is O=C(Cc1cccc(F)c1)N1CC[C@H]2OCC[C@@]2(COCC2CC2)C1. The highest BCUT2D eigenvalue weighted by molar-refractivity contribution is 5.79. The second kappa shape index (κ2) is 7.04. The standard InChI is InChI=1S/C20H26FNO3/c21-17-3-1-2-16(10-17)11-19(23)22-8-6-18-20(13-22,7-9-25-18)14-24-12-15-4-5-15/h1-3,10,15,18H,4-9,11-14H2/t18-,20+/m1/s1. The topological polar surface area (TPSA) is 38.8 Å². The van der Waals surface area contributed by atoms with Crippen LogP contribution >= 0.6 is 0 Å². The molecule has 4 nitrogen and oxygen atoms in total. The summed E-state index contributed by atoms with van der Waals surface area (Å²) in [5, 5.41) is 0. The molecule has 0 aromatic heterocycles. The molecular weight excluding hydrogens is 321 g/mol. The van der Waals surface area contributed by atoms with E-state index < -0.39 is 0 Å². The molecule has 0 N–H and O–H groups in total. The Balaban J connectivity index is 1.39. The number of ether oxygens (including phenoxy) is 2. The van der Waals surface area contributed by atoms with Crippen LogP contribution in [-0.4, -0.2) is 49.8 Å². The quantitative estimate of drug-likeness (QED) is 0.794. The van der Waals surface area contributed by atoms with Crippen molar-refractivity contribution < 1.29 is 18.7 Å². The Hall–Kier alpha value is -1.46. The lowest BCUT2D eigenvalue weighted by molar-refractivity contribution is -0.139. The first-order chi connectivity index (χ1) is 12.1. The average molecular weight is 347 g/mol. The van der Waals surface area contributed by atoms with Crippen molar-refractivity contribution in [3.05, 3.63) is 35.6 Å². The molecule has 0 radical (unpaired) electrons. The molecule has 0 bridgehead atoms. The maximum atomic E-state index is 13.3. The van der Waals surface area contributed by atoms with Crippen molar-refractivity contribution in [2.75, 3.05) is 32.9 Å². The van der Waals surface area contributed by atoms with Gasteiger partial charge in [0.25, 0.3) is 0 Å². The predicted molar refractivity (Wildman–Crippen MR) is 91.6 cm³/mol. The molecular formula is C20H26FNO3. The number of fused-ring (bicyclic) bond motifs is 1. The summed E-state index contributed by atoms with van der Waals surface area (Å²) in [6.07, 6.45) is 4.83. The molecule has 2 aliphatic heterocycles. The summed E-state index contributed by atoms with van der Waals surface area (Å²) in [4.78, 5) is 14.7. The van der Waals surface area contributed by atoms with Gasteiger partial charge in [-0.25, -0.2) is 4.39 Å². The molecule has 1 amide bonds. The third kappa shape index (κ3) is 3.87. The number of likely N-dealkylation sites (tertiary alicyclic amines) is 1. The first-order valence-corrected chi connectivity index (χ1v) is 9.36. The van der Waals surface area contributed by atoms with E-state index in [1.54, 1.807) is 12.1 Å². The molecule has 1 saturated carbocycles. The van der Waals surface area contributed by atoms with E-state index in [1.807, 2.05) is 4.90 Å². The van der Waals surface area contributed by atoms with Crippen molar-refractivity contribution in [2.45, 2.75) is 38.2 Å². The third-order valence-corrected chi connectivity index (χ3v) is 5.81. The second-order valence-electron chi connectivity index (χ2n) is 7.84. The average Bonchev–Trinajstić information content (AvgIpc) is 3.31. The number of hydrogen-bond acceptors (Lipinski definition) is 3. The zero-order valence-electron chi connectivity index (χ0n) is 14.6. The number of hydrogen-bond donors (Lipinski definition) is 0. The van der Waals surface area contributed by atoms with E-state index in [4.69, 9.17) is 9.47 Å². The summed E-state index contributed by atoms with van der Waals surface area (Å²) < 4.78 is 25.3. The monoisotopic (exact) mass is 347 g/mol. The Bertz CT molecular complexity index is 633. The Kier molecular flexibility index (Phi) is 4.78. The number of carbonyl (C=O) groups excluding carboxylic acids is 1. The summed E-state index contributed by atoms with van der Waals surface area (Å²) in [5.74, 6) is 0.516. The lowest BCUT2D eigenvalue weighted by Gasteiger charge is -2.43. The molecule has 0 spiro atoms. The van der Waals surface area contributed by atoms with Gasteiger partial charge in [-0.05, 0) is 49.3 Å². The fourth-order valence-electron chi connectivity index (χ4n) is 4.12. The highest BCUT2D eigenvalue weighted by atomic mass is 19.1. The van der Waals surface area contributed by atoms with Gasteiger partial charge in [0.1, 0.15) is 5.82 Å². The van der Waals surface area contributed by atoms with E-state index in [0.717, 1.165) is 37.5 Å². The van der Waals surface area contributed by atoms with Crippen LogP contribution in [0.5, 0.6) is 0 Å². The van der Waals surface area contributed by atoms with Crippen molar-refractivity contribution in [3.8, 4) is 0 Å². The Morgan fingerprint density at radius 2 is 2.24 bits per heavy atom. The predicted octanol–water partition coefficient (Wildman–Crippen LogP) is 2.80. The fraction of sp³-hybridized carbons (Fsp3) is 0.650. The molecule has 2 saturated heterocycles. The smallest absolute Gasteiger partial charge is 0.227 e. The second-order valence-corrected chi connectivity index (χ2v) is 7.84. The van der Waals surface area contributed by atoms with Gasteiger partial charge >= 0.3 is 0 Å². The van der Waals surface area contributed by atoms with Crippen LogP contribution in [0.2, 0.25) is 0 Å². The van der Waals surface area contributed by atoms with Gasteiger partial charge in [-0.1, -0.05) is 12.1 Å². The van der Waals surface area contributed by atoms with E-state index in [-0.39, 0.29) is 29.7 Å². The first-order valence-electron chi connectivity index (χ1n) is 9.36. The molecule has 2 heterocycles. The van der Waals surface area contributed by atoms with E-state index in [0.29, 0.717) is 19.7 Å². The van der Waals surface area contributed by atoms with Crippen molar-refractivity contribution in [1.29, 1.82) is 0 Å². The van der Waals surface area contributed by atoms with Crippen LogP contribution in [0.25, 0.3) is 0 Å². The van der Waals surface area contributed by atoms with Crippen LogP contribution in [0.15, 0.2) is 24.3 Å². The van der Waals surface area contributed by atoms with Crippen LogP contribution in [0.4, 0.5) is 4.39 Å². The Morgan fingerprint density at radius 1 is 1.36 bits per heavy atom. The summed E-state index contributed by atoms with van der Waals surface area (Å²) in [7, 11) is 0. The van der Waals surface area contributed by atoms with Crippen molar-refractivity contribution in [3.63, 3.8) is 0 Å². The van der Waals surface area contributed by atoms with Crippen molar-refractivity contribution in [1.82, 2.24) is 4.90 Å². The summed E-state index contributed by atoms with van der Waals surface area (Å²) in [6, 6.07) is 6.31. The molecule has 3 fully saturated rings. The maximum Gasteiger partial charge on any atom is 0.227 e. The minimum atomic E-state index is -0.293. The molecule has 1 aromatic rings. The van der Waals surface area contributed by atoms with Crippen LogP contribution in [-0.2, 0) is 20.7 Å². The molecule has 3 aliphatic rings.